The molecule has 0 amide bonds. The molecule has 96 valence electrons. The Bertz CT molecular complexity index is 526. The molecule has 0 spiro atoms. The summed E-state index contributed by atoms with van der Waals surface area (Å²) in [5, 5.41) is 1.03. The van der Waals surface area contributed by atoms with Gasteiger partial charge in [-0.2, -0.15) is 0 Å². The third-order valence-electron chi connectivity index (χ3n) is 3.88. The van der Waals surface area contributed by atoms with Crippen LogP contribution in [0.5, 0.6) is 0 Å². The average molecular weight is 246 g/mol. The van der Waals surface area contributed by atoms with E-state index < -0.39 is 0 Å². The summed E-state index contributed by atoms with van der Waals surface area (Å²) in [6.45, 7) is 3.52. The zero-order chi connectivity index (χ0) is 12.4. The SMILES string of the molecule is Fc1ccc2[nH]cc(CCN3CCCCC3)c2c1. The predicted molar refractivity (Wildman–Crippen MR) is 72.3 cm³/mol. The zero-order valence-corrected chi connectivity index (χ0v) is 10.6. The molecule has 0 unspecified atom stereocenters. The summed E-state index contributed by atoms with van der Waals surface area (Å²) in [4.78, 5) is 5.73. The van der Waals surface area contributed by atoms with E-state index in [1.54, 1.807) is 6.07 Å². The molecule has 0 bridgehead atoms. The molecule has 1 fully saturated rings. The van der Waals surface area contributed by atoms with E-state index in [0.717, 1.165) is 23.9 Å². The average Bonchev–Trinajstić information content (AvgIpc) is 2.80. The summed E-state index contributed by atoms with van der Waals surface area (Å²) < 4.78 is 13.3. The molecule has 1 aliphatic heterocycles. The van der Waals surface area contributed by atoms with Gasteiger partial charge < -0.3 is 9.88 Å². The third kappa shape index (κ3) is 2.41. The Balaban J connectivity index is 1.72. The number of nitrogens with one attached hydrogen (secondary N) is 1. The van der Waals surface area contributed by atoms with Crippen LogP contribution in [0, 0.1) is 5.82 Å². The van der Waals surface area contributed by atoms with Crippen molar-refractivity contribution in [1.29, 1.82) is 0 Å². The van der Waals surface area contributed by atoms with Crippen molar-refractivity contribution in [3.63, 3.8) is 0 Å². The van der Waals surface area contributed by atoms with E-state index in [4.69, 9.17) is 0 Å². The Morgan fingerprint density at radius 2 is 2.00 bits per heavy atom. The van der Waals surface area contributed by atoms with Crippen LogP contribution in [-0.2, 0) is 6.42 Å². The standard InChI is InChI=1S/C15H19FN2/c16-13-4-5-15-14(10-13)12(11-17-15)6-9-18-7-2-1-3-8-18/h4-5,10-11,17H,1-3,6-9H2. The van der Waals surface area contributed by atoms with E-state index in [1.807, 2.05) is 12.3 Å². The van der Waals surface area contributed by atoms with Crippen LogP contribution in [0.15, 0.2) is 24.4 Å². The Hall–Kier alpha value is -1.35. The van der Waals surface area contributed by atoms with E-state index in [1.165, 1.54) is 44.0 Å². The highest BCUT2D eigenvalue weighted by atomic mass is 19.1. The summed E-state index contributed by atoms with van der Waals surface area (Å²) >= 11 is 0. The summed E-state index contributed by atoms with van der Waals surface area (Å²) in [5.41, 5.74) is 2.26. The van der Waals surface area contributed by atoms with E-state index in [2.05, 4.69) is 9.88 Å². The van der Waals surface area contributed by atoms with Crippen LogP contribution < -0.4 is 0 Å². The van der Waals surface area contributed by atoms with Gasteiger partial charge in [-0.3, -0.25) is 0 Å². The van der Waals surface area contributed by atoms with Crippen molar-refractivity contribution in [3.05, 3.63) is 35.8 Å². The number of rotatable bonds is 3. The molecule has 0 radical (unpaired) electrons. The van der Waals surface area contributed by atoms with E-state index in [0.29, 0.717) is 0 Å². The second-order valence-corrected chi connectivity index (χ2v) is 5.16. The number of aromatic nitrogens is 1. The third-order valence-corrected chi connectivity index (χ3v) is 3.88. The normalized spacial score (nSPS) is 17.4. The molecule has 3 rings (SSSR count). The summed E-state index contributed by atoms with van der Waals surface area (Å²) in [6, 6.07) is 4.96. The Labute approximate surface area is 107 Å². The quantitative estimate of drug-likeness (QED) is 0.880. The Morgan fingerprint density at radius 3 is 2.83 bits per heavy atom. The van der Waals surface area contributed by atoms with Crippen molar-refractivity contribution in [3.8, 4) is 0 Å². The van der Waals surface area contributed by atoms with Crippen molar-refractivity contribution in [2.75, 3.05) is 19.6 Å². The number of fused-ring (bicyclic) bond motifs is 1. The van der Waals surface area contributed by atoms with E-state index >= 15 is 0 Å². The maximum atomic E-state index is 13.3. The van der Waals surface area contributed by atoms with Gasteiger partial charge in [-0.05, 0) is 56.1 Å². The van der Waals surface area contributed by atoms with Gasteiger partial charge in [0.2, 0.25) is 0 Å². The molecular formula is C15H19FN2. The molecule has 1 N–H and O–H groups in total. The van der Waals surface area contributed by atoms with Crippen molar-refractivity contribution < 1.29 is 4.39 Å². The molecule has 1 saturated heterocycles. The lowest BCUT2D eigenvalue weighted by atomic mass is 10.1. The van der Waals surface area contributed by atoms with Gasteiger partial charge >= 0.3 is 0 Å². The molecule has 1 aliphatic rings. The summed E-state index contributed by atoms with van der Waals surface area (Å²) in [5.74, 6) is -0.152. The highest BCUT2D eigenvalue weighted by molar-refractivity contribution is 5.83. The molecule has 2 heterocycles. The monoisotopic (exact) mass is 246 g/mol. The van der Waals surface area contributed by atoms with E-state index in [9.17, 15) is 4.39 Å². The fourth-order valence-corrected chi connectivity index (χ4v) is 2.82. The van der Waals surface area contributed by atoms with Gasteiger partial charge in [-0.25, -0.2) is 4.39 Å². The first kappa shape index (κ1) is 11.7. The zero-order valence-electron chi connectivity index (χ0n) is 10.6. The number of piperidine rings is 1. The van der Waals surface area contributed by atoms with Crippen molar-refractivity contribution in [2.45, 2.75) is 25.7 Å². The summed E-state index contributed by atoms with van der Waals surface area (Å²) in [6.07, 6.45) is 7.04. The highest BCUT2D eigenvalue weighted by Gasteiger charge is 2.11. The highest BCUT2D eigenvalue weighted by Crippen LogP contribution is 2.20. The van der Waals surface area contributed by atoms with Gasteiger partial charge in [0, 0.05) is 23.6 Å². The first-order chi connectivity index (χ1) is 8.83. The van der Waals surface area contributed by atoms with Crippen LogP contribution >= 0.6 is 0 Å². The first-order valence-electron chi connectivity index (χ1n) is 6.81. The maximum absolute atomic E-state index is 13.3. The van der Waals surface area contributed by atoms with Gasteiger partial charge in [0.25, 0.3) is 0 Å². The van der Waals surface area contributed by atoms with Crippen LogP contribution in [0.2, 0.25) is 0 Å². The molecule has 0 aliphatic carbocycles. The fraction of sp³-hybridized carbons (Fsp3) is 0.467. The molecule has 2 nitrogen and oxygen atoms in total. The van der Waals surface area contributed by atoms with Gasteiger partial charge in [0.15, 0.2) is 0 Å². The Kier molecular flexibility index (Phi) is 3.33. The minimum absolute atomic E-state index is 0.152. The number of halogens is 1. The molecule has 0 atom stereocenters. The minimum Gasteiger partial charge on any atom is -0.361 e. The smallest absolute Gasteiger partial charge is 0.123 e. The number of H-pyrrole nitrogens is 1. The minimum atomic E-state index is -0.152. The van der Waals surface area contributed by atoms with Crippen LogP contribution in [0.25, 0.3) is 10.9 Å². The van der Waals surface area contributed by atoms with Crippen molar-refractivity contribution >= 4 is 10.9 Å². The number of likely N-dealkylation sites (tertiary alicyclic amines) is 1. The molecule has 1 aromatic heterocycles. The second kappa shape index (κ2) is 5.11. The topological polar surface area (TPSA) is 19.0 Å². The lowest BCUT2D eigenvalue weighted by Crippen LogP contribution is -2.31. The molecule has 1 aromatic carbocycles. The fourth-order valence-electron chi connectivity index (χ4n) is 2.82. The van der Waals surface area contributed by atoms with Gasteiger partial charge in [0.05, 0.1) is 0 Å². The van der Waals surface area contributed by atoms with Gasteiger partial charge in [-0.15, -0.1) is 0 Å². The second-order valence-electron chi connectivity index (χ2n) is 5.16. The molecule has 3 heteroatoms. The number of nitrogens with zero attached hydrogens (tertiary/aromatic N) is 1. The van der Waals surface area contributed by atoms with E-state index in [-0.39, 0.29) is 5.82 Å². The van der Waals surface area contributed by atoms with Crippen LogP contribution in [0.3, 0.4) is 0 Å². The predicted octanol–water partition coefficient (Wildman–Crippen LogP) is 3.34. The molecule has 0 saturated carbocycles. The van der Waals surface area contributed by atoms with Crippen molar-refractivity contribution in [2.24, 2.45) is 0 Å². The Morgan fingerprint density at radius 1 is 1.17 bits per heavy atom. The lowest BCUT2D eigenvalue weighted by molar-refractivity contribution is 0.231. The molecule has 18 heavy (non-hydrogen) atoms. The maximum Gasteiger partial charge on any atom is 0.123 e. The first-order valence-corrected chi connectivity index (χ1v) is 6.81. The molecule has 2 aromatic rings. The van der Waals surface area contributed by atoms with Crippen LogP contribution in [0.1, 0.15) is 24.8 Å². The van der Waals surface area contributed by atoms with Gasteiger partial charge in [0.1, 0.15) is 5.82 Å². The number of hydrogen-bond donors (Lipinski definition) is 1. The number of aromatic amines is 1. The largest absolute Gasteiger partial charge is 0.361 e. The number of benzene rings is 1. The number of hydrogen-bond acceptors (Lipinski definition) is 1. The lowest BCUT2D eigenvalue weighted by Gasteiger charge is -2.26. The van der Waals surface area contributed by atoms with Crippen molar-refractivity contribution in [1.82, 2.24) is 9.88 Å². The molecular weight excluding hydrogens is 227 g/mol. The van der Waals surface area contributed by atoms with Crippen LogP contribution in [-0.4, -0.2) is 29.5 Å². The van der Waals surface area contributed by atoms with Crippen LogP contribution in [0.4, 0.5) is 4.39 Å². The van der Waals surface area contributed by atoms with Gasteiger partial charge in [-0.1, -0.05) is 6.42 Å². The summed E-state index contributed by atoms with van der Waals surface area (Å²) in [7, 11) is 0.